The third kappa shape index (κ3) is 3.20. The minimum atomic E-state index is 0.0609. The van der Waals surface area contributed by atoms with E-state index in [2.05, 4.69) is 15.6 Å². The Bertz CT molecular complexity index is 539. The molecule has 1 aromatic carbocycles. The maximum Gasteiger partial charge on any atom is 0.221 e. The van der Waals surface area contributed by atoms with Crippen LogP contribution >= 0.6 is 0 Å². The fraction of sp³-hybridized carbons (Fsp3) is 0.286. The summed E-state index contributed by atoms with van der Waals surface area (Å²) in [6.45, 7) is 3.18. The number of fused-ring (bicyclic) bond motifs is 1. The van der Waals surface area contributed by atoms with Gasteiger partial charge in [0.25, 0.3) is 0 Å². The van der Waals surface area contributed by atoms with Gasteiger partial charge in [0.05, 0.1) is 5.52 Å². The number of hydrogen-bond acceptors (Lipinski definition) is 3. The van der Waals surface area contributed by atoms with Crippen molar-refractivity contribution in [3.05, 3.63) is 36.4 Å². The Morgan fingerprint density at radius 1 is 1.22 bits per heavy atom. The zero-order valence-corrected chi connectivity index (χ0v) is 10.4. The van der Waals surface area contributed by atoms with E-state index in [-0.39, 0.29) is 5.91 Å². The van der Waals surface area contributed by atoms with Gasteiger partial charge in [-0.2, -0.15) is 0 Å². The summed E-state index contributed by atoms with van der Waals surface area (Å²) in [4.78, 5) is 15.7. The third-order valence-electron chi connectivity index (χ3n) is 2.63. The van der Waals surface area contributed by atoms with E-state index >= 15 is 0 Å². The van der Waals surface area contributed by atoms with Crippen molar-refractivity contribution in [3.63, 3.8) is 0 Å². The van der Waals surface area contributed by atoms with Crippen LogP contribution in [0.15, 0.2) is 36.4 Å². The highest BCUT2D eigenvalue weighted by molar-refractivity contribution is 5.80. The second-order valence-electron chi connectivity index (χ2n) is 4.02. The minimum absolute atomic E-state index is 0.0609. The SMILES string of the molecule is CCNC(=O)CCNc1ccc2ccccc2n1. The van der Waals surface area contributed by atoms with Gasteiger partial charge >= 0.3 is 0 Å². The average Bonchev–Trinajstić information content (AvgIpc) is 2.39. The van der Waals surface area contributed by atoms with Gasteiger partial charge in [0.15, 0.2) is 0 Å². The molecule has 0 atom stereocenters. The van der Waals surface area contributed by atoms with Gasteiger partial charge in [0.2, 0.25) is 5.91 Å². The molecule has 0 aliphatic rings. The van der Waals surface area contributed by atoms with Crippen LogP contribution in [0.2, 0.25) is 0 Å². The zero-order valence-electron chi connectivity index (χ0n) is 10.4. The standard InChI is InChI=1S/C14H17N3O/c1-2-15-14(18)9-10-16-13-8-7-11-5-3-4-6-12(11)17-13/h3-8H,2,9-10H2,1H3,(H,15,18)(H,16,17). The molecule has 2 N–H and O–H groups in total. The maximum absolute atomic E-state index is 11.3. The van der Waals surface area contributed by atoms with Gasteiger partial charge in [-0.3, -0.25) is 4.79 Å². The predicted molar refractivity (Wildman–Crippen MR) is 73.5 cm³/mol. The molecule has 1 heterocycles. The monoisotopic (exact) mass is 243 g/mol. The Labute approximate surface area is 106 Å². The molecule has 2 aromatic rings. The van der Waals surface area contributed by atoms with E-state index in [1.54, 1.807) is 0 Å². The highest BCUT2D eigenvalue weighted by Gasteiger charge is 2.00. The molecular weight excluding hydrogens is 226 g/mol. The lowest BCUT2D eigenvalue weighted by Crippen LogP contribution is -2.24. The molecule has 0 saturated carbocycles. The number of anilines is 1. The van der Waals surface area contributed by atoms with Crippen LogP contribution in [0.25, 0.3) is 10.9 Å². The number of carbonyl (C=O) groups excluding carboxylic acids is 1. The molecule has 94 valence electrons. The highest BCUT2D eigenvalue weighted by Crippen LogP contribution is 2.14. The number of amides is 1. The van der Waals surface area contributed by atoms with Crippen molar-refractivity contribution >= 4 is 22.6 Å². The Morgan fingerprint density at radius 3 is 2.89 bits per heavy atom. The number of nitrogens with one attached hydrogen (secondary N) is 2. The number of benzene rings is 1. The number of para-hydroxylation sites is 1. The Morgan fingerprint density at radius 2 is 2.06 bits per heavy atom. The first-order valence-electron chi connectivity index (χ1n) is 6.16. The minimum Gasteiger partial charge on any atom is -0.370 e. The van der Waals surface area contributed by atoms with Crippen LogP contribution in [0.4, 0.5) is 5.82 Å². The lowest BCUT2D eigenvalue weighted by molar-refractivity contribution is -0.120. The van der Waals surface area contributed by atoms with E-state index in [0.717, 1.165) is 16.7 Å². The van der Waals surface area contributed by atoms with Crippen LogP contribution in [0.3, 0.4) is 0 Å². The number of pyridine rings is 1. The zero-order chi connectivity index (χ0) is 12.8. The Hall–Kier alpha value is -2.10. The highest BCUT2D eigenvalue weighted by atomic mass is 16.1. The molecule has 0 unspecified atom stereocenters. The fourth-order valence-corrected chi connectivity index (χ4v) is 1.75. The molecule has 4 nitrogen and oxygen atoms in total. The smallest absolute Gasteiger partial charge is 0.221 e. The summed E-state index contributed by atoms with van der Waals surface area (Å²) in [7, 11) is 0. The molecule has 0 fully saturated rings. The third-order valence-corrected chi connectivity index (χ3v) is 2.63. The Kier molecular flexibility index (Phi) is 4.12. The summed E-state index contributed by atoms with van der Waals surface area (Å²) in [6, 6.07) is 11.9. The number of carbonyl (C=O) groups is 1. The average molecular weight is 243 g/mol. The fourth-order valence-electron chi connectivity index (χ4n) is 1.75. The van der Waals surface area contributed by atoms with E-state index in [1.165, 1.54) is 0 Å². The van der Waals surface area contributed by atoms with Gasteiger partial charge in [-0.1, -0.05) is 18.2 Å². The van der Waals surface area contributed by atoms with Crippen molar-refractivity contribution in [2.75, 3.05) is 18.4 Å². The number of nitrogens with zero attached hydrogens (tertiary/aromatic N) is 1. The van der Waals surface area contributed by atoms with E-state index in [1.807, 2.05) is 43.3 Å². The molecule has 0 aliphatic heterocycles. The van der Waals surface area contributed by atoms with Crippen LogP contribution in [-0.4, -0.2) is 24.0 Å². The van der Waals surface area contributed by atoms with E-state index < -0.39 is 0 Å². The first kappa shape index (κ1) is 12.4. The topological polar surface area (TPSA) is 54.0 Å². The van der Waals surface area contributed by atoms with Gasteiger partial charge in [0, 0.05) is 24.9 Å². The molecule has 0 saturated heterocycles. The van der Waals surface area contributed by atoms with Crippen LogP contribution in [0.1, 0.15) is 13.3 Å². The summed E-state index contributed by atoms with van der Waals surface area (Å²) in [5.41, 5.74) is 0.959. The quantitative estimate of drug-likeness (QED) is 0.846. The molecule has 0 spiro atoms. The first-order valence-corrected chi connectivity index (χ1v) is 6.16. The van der Waals surface area contributed by atoms with E-state index in [9.17, 15) is 4.79 Å². The van der Waals surface area contributed by atoms with Gasteiger partial charge in [-0.25, -0.2) is 4.98 Å². The van der Waals surface area contributed by atoms with Crippen LogP contribution in [-0.2, 0) is 4.79 Å². The molecule has 2 rings (SSSR count). The van der Waals surface area contributed by atoms with Crippen molar-refractivity contribution in [2.45, 2.75) is 13.3 Å². The first-order chi connectivity index (χ1) is 8.79. The molecule has 1 amide bonds. The maximum atomic E-state index is 11.3. The van der Waals surface area contributed by atoms with Crippen molar-refractivity contribution in [1.82, 2.24) is 10.3 Å². The summed E-state index contributed by atoms with van der Waals surface area (Å²) >= 11 is 0. The molecule has 0 aliphatic carbocycles. The number of rotatable bonds is 5. The van der Waals surface area contributed by atoms with Crippen LogP contribution in [0, 0.1) is 0 Å². The van der Waals surface area contributed by atoms with Crippen LogP contribution in [0.5, 0.6) is 0 Å². The summed E-state index contributed by atoms with van der Waals surface area (Å²) in [6.07, 6.45) is 0.461. The van der Waals surface area contributed by atoms with E-state index in [0.29, 0.717) is 19.5 Å². The van der Waals surface area contributed by atoms with Gasteiger partial charge in [-0.15, -0.1) is 0 Å². The number of aromatic nitrogens is 1. The summed E-state index contributed by atoms with van der Waals surface area (Å²) in [5, 5.41) is 7.03. The lowest BCUT2D eigenvalue weighted by atomic mass is 10.2. The van der Waals surface area contributed by atoms with Crippen molar-refractivity contribution in [3.8, 4) is 0 Å². The van der Waals surface area contributed by atoms with Gasteiger partial charge in [-0.05, 0) is 25.1 Å². The Balaban J connectivity index is 1.93. The molecule has 18 heavy (non-hydrogen) atoms. The second-order valence-corrected chi connectivity index (χ2v) is 4.02. The molecule has 4 heteroatoms. The predicted octanol–water partition coefficient (Wildman–Crippen LogP) is 2.17. The van der Waals surface area contributed by atoms with Crippen LogP contribution < -0.4 is 10.6 Å². The van der Waals surface area contributed by atoms with E-state index in [4.69, 9.17) is 0 Å². The van der Waals surface area contributed by atoms with Gasteiger partial charge in [0.1, 0.15) is 5.82 Å². The largest absolute Gasteiger partial charge is 0.370 e. The summed E-state index contributed by atoms with van der Waals surface area (Å²) < 4.78 is 0. The molecule has 1 aromatic heterocycles. The lowest BCUT2D eigenvalue weighted by Gasteiger charge is -2.06. The number of hydrogen-bond donors (Lipinski definition) is 2. The van der Waals surface area contributed by atoms with Crippen molar-refractivity contribution in [1.29, 1.82) is 0 Å². The molecular formula is C14H17N3O. The van der Waals surface area contributed by atoms with Crippen molar-refractivity contribution in [2.24, 2.45) is 0 Å². The molecule has 0 bridgehead atoms. The second kappa shape index (κ2) is 6.00. The van der Waals surface area contributed by atoms with Gasteiger partial charge < -0.3 is 10.6 Å². The summed E-state index contributed by atoms with van der Waals surface area (Å²) in [5.74, 6) is 0.865. The molecule has 0 radical (unpaired) electrons. The normalized spacial score (nSPS) is 10.3. The van der Waals surface area contributed by atoms with Crippen molar-refractivity contribution < 1.29 is 4.79 Å².